The average molecular weight is 226 g/mol. The Morgan fingerprint density at radius 1 is 1.19 bits per heavy atom. The summed E-state index contributed by atoms with van der Waals surface area (Å²) in [5, 5.41) is 9.94. The Kier molecular flexibility index (Phi) is 4.22. The van der Waals surface area contributed by atoms with Crippen molar-refractivity contribution in [3.8, 4) is 0 Å². The Bertz CT molecular complexity index is 214. The molecule has 1 saturated carbocycles. The predicted octanol–water partition coefficient (Wildman–Crippen LogP) is 1.32. The first-order valence-electron chi connectivity index (χ1n) is 6.84. The van der Waals surface area contributed by atoms with Gasteiger partial charge in [-0.1, -0.05) is 6.92 Å². The molecule has 1 N–H and O–H groups in total. The van der Waals surface area contributed by atoms with Gasteiger partial charge in [0.05, 0.1) is 6.10 Å². The lowest BCUT2D eigenvalue weighted by atomic mass is 10.0. The number of hydrogen-bond donors (Lipinski definition) is 1. The van der Waals surface area contributed by atoms with E-state index in [2.05, 4.69) is 23.8 Å². The highest BCUT2D eigenvalue weighted by Crippen LogP contribution is 2.27. The molecule has 0 bridgehead atoms. The summed E-state index contributed by atoms with van der Waals surface area (Å²) in [5.74, 6) is 0. The van der Waals surface area contributed by atoms with E-state index < -0.39 is 0 Å². The maximum absolute atomic E-state index is 9.94. The van der Waals surface area contributed by atoms with Crippen LogP contribution in [0.5, 0.6) is 0 Å². The first kappa shape index (κ1) is 12.3. The molecule has 0 amide bonds. The maximum atomic E-state index is 9.94. The summed E-state index contributed by atoms with van der Waals surface area (Å²) in [6.45, 7) is 5.88. The average Bonchev–Trinajstić information content (AvgIpc) is 2.75. The quantitative estimate of drug-likeness (QED) is 0.786. The number of nitrogens with zero attached hydrogens (tertiary/aromatic N) is 2. The molecule has 0 radical (unpaired) electrons. The highest BCUT2D eigenvalue weighted by molar-refractivity contribution is 4.88. The van der Waals surface area contributed by atoms with Gasteiger partial charge in [-0.3, -0.25) is 4.90 Å². The molecular weight excluding hydrogens is 200 g/mol. The second-order valence-electron chi connectivity index (χ2n) is 5.40. The van der Waals surface area contributed by atoms with Crippen LogP contribution < -0.4 is 0 Å². The normalized spacial score (nSPS) is 33.8. The molecule has 94 valence electrons. The van der Waals surface area contributed by atoms with Gasteiger partial charge in [-0.05, 0) is 58.8 Å². The number of piperidine rings is 1. The van der Waals surface area contributed by atoms with Gasteiger partial charge in [0.15, 0.2) is 0 Å². The summed E-state index contributed by atoms with van der Waals surface area (Å²) in [6.07, 6.45) is 5.86. The summed E-state index contributed by atoms with van der Waals surface area (Å²) in [5.41, 5.74) is 0. The van der Waals surface area contributed by atoms with Crippen molar-refractivity contribution in [2.45, 2.75) is 57.2 Å². The summed E-state index contributed by atoms with van der Waals surface area (Å²) >= 11 is 0. The van der Waals surface area contributed by atoms with Crippen molar-refractivity contribution >= 4 is 0 Å². The largest absolute Gasteiger partial charge is 0.391 e. The third kappa shape index (κ3) is 2.58. The zero-order valence-electron chi connectivity index (χ0n) is 10.7. The van der Waals surface area contributed by atoms with E-state index in [9.17, 15) is 5.11 Å². The first-order chi connectivity index (χ1) is 7.72. The molecule has 16 heavy (non-hydrogen) atoms. The van der Waals surface area contributed by atoms with Crippen LogP contribution in [-0.4, -0.2) is 59.8 Å². The van der Waals surface area contributed by atoms with Gasteiger partial charge >= 0.3 is 0 Å². The number of likely N-dealkylation sites (tertiary alicyclic amines) is 1. The molecule has 0 aromatic rings. The SMILES string of the molecule is CCN1CCC(N(C)C2CCCC2O)CC1. The van der Waals surface area contributed by atoms with Gasteiger partial charge in [0.1, 0.15) is 0 Å². The lowest BCUT2D eigenvalue weighted by Crippen LogP contribution is -2.49. The fourth-order valence-corrected chi connectivity index (χ4v) is 3.31. The minimum Gasteiger partial charge on any atom is -0.391 e. The van der Waals surface area contributed by atoms with Gasteiger partial charge in [-0.2, -0.15) is 0 Å². The summed E-state index contributed by atoms with van der Waals surface area (Å²) in [4.78, 5) is 4.99. The summed E-state index contributed by atoms with van der Waals surface area (Å²) < 4.78 is 0. The van der Waals surface area contributed by atoms with Gasteiger partial charge in [-0.15, -0.1) is 0 Å². The Hall–Kier alpha value is -0.120. The molecule has 0 aromatic carbocycles. The number of hydrogen-bond acceptors (Lipinski definition) is 3. The van der Waals surface area contributed by atoms with Crippen molar-refractivity contribution in [3.05, 3.63) is 0 Å². The smallest absolute Gasteiger partial charge is 0.0695 e. The molecule has 2 atom stereocenters. The molecule has 3 heteroatoms. The van der Waals surface area contributed by atoms with E-state index in [0.717, 1.165) is 6.42 Å². The highest BCUT2D eigenvalue weighted by atomic mass is 16.3. The summed E-state index contributed by atoms with van der Waals surface area (Å²) in [6, 6.07) is 1.12. The number of aliphatic hydroxyl groups excluding tert-OH is 1. The molecule has 1 heterocycles. The lowest BCUT2D eigenvalue weighted by molar-refractivity contribution is 0.0380. The number of rotatable bonds is 3. The summed E-state index contributed by atoms with van der Waals surface area (Å²) in [7, 11) is 2.21. The molecule has 2 fully saturated rings. The second-order valence-corrected chi connectivity index (χ2v) is 5.40. The van der Waals surface area contributed by atoms with Crippen LogP contribution in [0.2, 0.25) is 0 Å². The van der Waals surface area contributed by atoms with Gasteiger partial charge in [0.2, 0.25) is 0 Å². The lowest BCUT2D eigenvalue weighted by Gasteiger charge is -2.40. The van der Waals surface area contributed by atoms with Crippen molar-refractivity contribution in [2.75, 3.05) is 26.7 Å². The van der Waals surface area contributed by atoms with E-state index >= 15 is 0 Å². The molecule has 1 aliphatic heterocycles. The second kappa shape index (κ2) is 5.48. The van der Waals surface area contributed by atoms with Gasteiger partial charge in [0, 0.05) is 12.1 Å². The molecule has 1 aliphatic carbocycles. The minimum absolute atomic E-state index is 0.0748. The van der Waals surface area contributed by atoms with E-state index in [1.54, 1.807) is 0 Å². The standard InChI is InChI=1S/C13H26N2O/c1-3-15-9-7-11(8-10-15)14(2)12-5-4-6-13(12)16/h11-13,16H,3-10H2,1-2H3. The van der Waals surface area contributed by atoms with Crippen LogP contribution in [0.4, 0.5) is 0 Å². The van der Waals surface area contributed by atoms with E-state index in [1.807, 2.05) is 0 Å². The van der Waals surface area contributed by atoms with Crippen molar-refractivity contribution < 1.29 is 5.11 Å². The van der Waals surface area contributed by atoms with E-state index in [1.165, 1.54) is 45.3 Å². The molecule has 0 spiro atoms. The first-order valence-corrected chi connectivity index (χ1v) is 6.84. The topological polar surface area (TPSA) is 26.7 Å². The molecule has 2 rings (SSSR count). The highest BCUT2D eigenvalue weighted by Gasteiger charge is 2.33. The van der Waals surface area contributed by atoms with Crippen molar-refractivity contribution in [2.24, 2.45) is 0 Å². The third-order valence-corrected chi connectivity index (χ3v) is 4.55. The number of aliphatic hydroxyl groups is 1. The fraction of sp³-hybridized carbons (Fsp3) is 1.00. The van der Waals surface area contributed by atoms with Gasteiger partial charge in [0.25, 0.3) is 0 Å². The Labute approximate surface area is 99.4 Å². The van der Waals surface area contributed by atoms with Crippen molar-refractivity contribution in [1.82, 2.24) is 9.80 Å². The van der Waals surface area contributed by atoms with Crippen LogP contribution >= 0.6 is 0 Å². The van der Waals surface area contributed by atoms with Crippen LogP contribution in [0.3, 0.4) is 0 Å². The van der Waals surface area contributed by atoms with Gasteiger partial charge in [-0.25, -0.2) is 0 Å². The Morgan fingerprint density at radius 3 is 2.38 bits per heavy atom. The van der Waals surface area contributed by atoms with E-state index in [0.29, 0.717) is 12.1 Å². The Morgan fingerprint density at radius 2 is 1.88 bits per heavy atom. The van der Waals surface area contributed by atoms with E-state index in [-0.39, 0.29) is 6.10 Å². The molecule has 2 aliphatic rings. The Balaban J connectivity index is 1.83. The number of likely N-dealkylation sites (N-methyl/N-ethyl adjacent to an activating group) is 1. The van der Waals surface area contributed by atoms with Gasteiger partial charge < -0.3 is 10.0 Å². The fourth-order valence-electron chi connectivity index (χ4n) is 3.31. The van der Waals surface area contributed by atoms with Crippen LogP contribution in [0, 0.1) is 0 Å². The zero-order valence-corrected chi connectivity index (χ0v) is 10.7. The molecule has 1 saturated heterocycles. The minimum atomic E-state index is -0.0748. The zero-order chi connectivity index (χ0) is 11.5. The van der Waals surface area contributed by atoms with Crippen molar-refractivity contribution in [1.29, 1.82) is 0 Å². The van der Waals surface area contributed by atoms with Crippen LogP contribution in [-0.2, 0) is 0 Å². The van der Waals surface area contributed by atoms with Crippen molar-refractivity contribution in [3.63, 3.8) is 0 Å². The van der Waals surface area contributed by atoms with Crippen LogP contribution in [0.15, 0.2) is 0 Å². The molecule has 0 aromatic heterocycles. The monoisotopic (exact) mass is 226 g/mol. The van der Waals surface area contributed by atoms with E-state index in [4.69, 9.17) is 0 Å². The predicted molar refractivity (Wildman–Crippen MR) is 66.5 cm³/mol. The molecule has 3 nitrogen and oxygen atoms in total. The molecule has 2 unspecified atom stereocenters. The molecular formula is C13H26N2O. The van der Waals surface area contributed by atoms with Crippen LogP contribution in [0.1, 0.15) is 39.0 Å². The van der Waals surface area contributed by atoms with Crippen LogP contribution in [0.25, 0.3) is 0 Å². The maximum Gasteiger partial charge on any atom is 0.0695 e. The third-order valence-electron chi connectivity index (χ3n) is 4.55.